The van der Waals surface area contributed by atoms with Gasteiger partial charge in [-0.1, -0.05) is 0 Å². The van der Waals surface area contributed by atoms with Gasteiger partial charge in [0.25, 0.3) is 0 Å². The normalized spacial score (nSPS) is 16.0. The number of furan rings is 1. The zero-order valence-corrected chi connectivity index (χ0v) is 12.6. The molecule has 0 unspecified atom stereocenters. The van der Waals surface area contributed by atoms with Gasteiger partial charge in [-0.2, -0.15) is 5.10 Å². The monoisotopic (exact) mass is 310 g/mol. The minimum Gasteiger partial charge on any atom is -0.472 e. The number of hydrogen-bond donors (Lipinski definition) is 1. The molecule has 2 aromatic rings. The number of nitrogens with zero attached hydrogens (tertiary/aromatic N) is 3. The van der Waals surface area contributed by atoms with Crippen LogP contribution in [0.5, 0.6) is 0 Å². The van der Waals surface area contributed by atoms with E-state index in [0.29, 0.717) is 0 Å². The van der Waals surface area contributed by atoms with Crippen LogP contribution in [0.3, 0.4) is 0 Å². The summed E-state index contributed by atoms with van der Waals surface area (Å²) in [5.74, 6) is 0. The lowest BCUT2D eigenvalue weighted by Crippen LogP contribution is -2.33. The minimum absolute atomic E-state index is 0.237. The summed E-state index contributed by atoms with van der Waals surface area (Å²) in [5, 5.41) is 4.43. The lowest BCUT2D eigenvalue weighted by Gasteiger charge is -2.26. The fourth-order valence-corrected chi connectivity index (χ4v) is 2.86. The van der Waals surface area contributed by atoms with Crippen LogP contribution in [0.1, 0.15) is 17.0 Å². The number of fused-ring (bicyclic) bond motifs is 1. The molecule has 0 radical (unpaired) electrons. The summed E-state index contributed by atoms with van der Waals surface area (Å²) in [6, 6.07) is 3.92. The van der Waals surface area contributed by atoms with Gasteiger partial charge in [0.2, 0.25) is 10.0 Å². The van der Waals surface area contributed by atoms with Crippen LogP contribution < -0.4 is 4.72 Å². The molecule has 0 aliphatic carbocycles. The maximum Gasteiger partial charge on any atom is 0.209 e. The van der Waals surface area contributed by atoms with Gasteiger partial charge in [-0.3, -0.25) is 9.58 Å². The van der Waals surface area contributed by atoms with E-state index >= 15 is 0 Å². The van der Waals surface area contributed by atoms with Crippen molar-refractivity contribution in [2.24, 2.45) is 0 Å². The van der Waals surface area contributed by atoms with Crippen LogP contribution in [0, 0.1) is 0 Å². The Labute approximate surface area is 123 Å². The predicted molar refractivity (Wildman–Crippen MR) is 76.7 cm³/mol. The molecule has 1 N–H and O–H groups in total. The first kappa shape index (κ1) is 14.3. The molecule has 114 valence electrons. The quantitative estimate of drug-likeness (QED) is 0.872. The highest BCUT2D eigenvalue weighted by molar-refractivity contribution is 7.88. The van der Waals surface area contributed by atoms with Crippen LogP contribution >= 0.6 is 0 Å². The lowest BCUT2D eigenvalue weighted by molar-refractivity contribution is 0.204. The Bertz CT molecular complexity index is 706. The van der Waals surface area contributed by atoms with Gasteiger partial charge in [-0.25, -0.2) is 13.1 Å². The van der Waals surface area contributed by atoms with Crippen molar-refractivity contribution >= 4 is 10.0 Å². The van der Waals surface area contributed by atoms with Gasteiger partial charge in [0.1, 0.15) is 0 Å². The Morgan fingerprint density at radius 3 is 3.00 bits per heavy atom. The molecule has 8 heteroatoms. The summed E-state index contributed by atoms with van der Waals surface area (Å²) in [7, 11) is -3.19. The van der Waals surface area contributed by atoms with Crippen LogP contribution in [-0.2, 0) is 36.2 Å². The van der Waals surface area contributed by atoms with Gasteiger partial charge in [-0.05, 0) is 12.1 Å². The lowest BCUT2D eigenvalue weighted by atomic mass is 10.2. The second-order valence-electron chi connectivity index (χ2n) is 5.29. The molecule has 0 aromatic carbocycles. The zero-order valence-electron chi connectivity index (χ0n) is 11.8. The Balaban J connectivity index is 1.64. The number of aromatic nitrogens is 2. The highest BCUT2D eigenvalue weighted by atomic mass is 32.2. The molecule has 0 amide bonds. The van der Waals surface area contributed by atoms with Crippen molar-refractivity contribution in [2.45, 2.75) is 26.2 Å². The van der Waals surface area contributed by atoms with E-state index < -0.39 is 10.0 Å². The second kappa shape index (κ2) is 5.63. The first-order valence-electron chi connectivity index (χ1n) is 6.73. The van der Waals surface area contributed by atoms with Crippen LogP contribution in [0.2, 0.25) is 0 Å². The van der Waals surface area contributed by atoms with Crippen molar-refractivity contribution in [3.63, 3.8) is 0 Å². The van der Waals surface area contributed by atoms with Crippen molar-refractivity contribution in [2.75, 3.05) is 12.8 Å². The molecule has 0 spiro atoms. The summed E-state index contributed by atoms with van der Waals surface area (Å²) in [4.78, 5) is 2.32. The summed E-state index contributed by atoms with van der Waals surface area (Å²) < 4.78 is 31.7. The average molecular weight is 310 g/mol. The summed E-state index contributed by atoms with van der Waals surface area (Å²) in [6.45, 7) is 3.61. The average Bonchev–Trinajstić information content (AvgIpc) is 3.04. The molecule has 3 rings (SSSR count). The van der Waals surface area contributed by atoms with Crippen molar-refractivity contribution < 1.29 is 12.8 Å². The van der Waals surface area contributed by atoms with Crippen molar-refractivity contribution in [1.82, 2.24) is 19.4 Å². The Kier molecular flexibility index (Phi) is 3.83. The van der Waals surface area contributed by atoms with Crippen molar-refractivity contribution in [3.05, 3.63) is 41.6 Å². The summed E-state index contributed by atoms with van der Waals surface area (Å²) >= 11 is 0. The number of sulfonamides is 1. The van der Waals surface area contributed by atoms with E-state index in [4.69, 9.17) is 4.42 Å². The molecule has 21 heavy (non-hydrogen) atoms. The largest absolute Gasteiger partial charge is 0.472 e. The molecule has 1 aliphatic rings. The third-order valence-corrected chi connectivity index (χ3v) is 4.10. The first-order chi connectivity index (χ1) is 9.99. The number of rotatable bonds is 5. The van der Waals surface area contributed by atoms with E-state index in [2.05, 4.69) is 14.7 Å². The van der Waals surface area contributed by atoms with Crippen LogP contribution in [-0.4, -0.2) is 35.9 Å². The molecule has 0 bridgehead atoms. The van der Waals surface area contributed by atoms with Gasteiger partial charge in [0.15, 0.2) is 0 Å². The zero-order chi connectivity index (χ0) is 14.9. The van der Waals surface area contributed by atoms with Gasteiger partial charge in [-0.15, -0.1) is 0 Å². The van der Waals surface area contributed by atoms with Gasteiger partial charge in [0, 0.05) is 25.2 Å². The first-order valence-corrected chi connectivity index (χ1v) is 8.62. The Hall–Kier alpha value is -1.64. The number of hydrogen-bond acceptors (Lipinski definition) is 5. The maximum absolute atomic E-state index is 11.1. The fourth-order valence-electron chi connectivity index (χ4n) is 2.45. The van der Waals surface area contributed by atoms with Crippen LogP contribution in [0.15, 0.2) is 29.1 Å². The molecule has 2 aromatic heterocycles. The SMILES string of the molecule is CS(=O)(=O)NCc1cc2n(n1)CCN(Cc1ccoc1)C2. The highest BCUT2D eigenvalue weighted by Gasteiger charge is 2.19. The summed E-state index contributed by atoms with van der Waals surface area (Å²) in [6.07, 6.45) is 4.58. The van der Waals surface area contributed by atoms with E-state index in [9.17, 15) is 8.42 Å². The molecule has 0 saturated heterocycles. The molecular weight excluding hydrogens is 292 g/mol. The molecule has 0 fully saturated rings. The predicted octanol–water partition coefficient (Wildman–Crippen LogP) is 0.541. The van der Waals surface area contributed by atoms with Crippen molar-refractivity contribution in [3.8, 4) is 0 Å². The van der Waals surface area contributed by atoms with E-state index in [-0.39, 0.29) is 6.54 Å². The van der Waals surface area contributed by atoms with E-state index in [1.54, 1.807) is 12.5 Å². The smallest absolute Gasteiger partial charge is 0.209 e. The topological polar surface area (TPSA) is 80.4 Å². The minimum atomic E-state index is -3.19. The standard InChI is InChI=1S/C13H18N4O3S/c1-21(18,19)14-7-12-6-13-9-16(3-4-17(13)15-12)8-11-2-5-20-10-11/h2,5-6,10,14H,3-4,7-9H2,1H3. The molecular formula is C13H18N4O3S. The molecule has 1 aliphatic heterocycles. The molecule has 7 nitrogen and oxygen atoms in total. The fraction of sp³-hybridized carbons (Fsp3) is 0.462. The van der Waals surface area contributed by atoms with Gasteiger partial charge >= 0.3 is 0 Å². The summed E-state index contributed by atoms with van der Waals surface area (Å²) in [5.41, 5.74) is 3.01. The Morgan fingerprint density at radius 2 is 2.29 bits per heavy atom. The van der Waals surface area contributed by atoms with Crippen LogP contribution in [0.4, 0.5) is 0 Å². The second-order valence-corrected chi connectivity index (χ2v) is 7.12. The van der Waals surface area contributed by atoms with Crippen molar-refractivity contribution in [1.29, 1.82) is 0 Å². The Morgan fingerprint density at radius 1 is 1.43 bits per heavy atom. The highest BCUT2D eigenvalue weighted by Crippen LogP contribution is 2.16. The third kappa shape index (κ3) is 3.72. The maximum atomic E-state index is 11.1. The van der Waals surface area contributed by atoms with Gasteiger partial charge in [0.05, 0.1) is 43.3 Å². The van der Waals surface area contributed by atoms with E-state index in [1.807, 2.05) is 16.8 Å². The molecule has 0 saturated carbocycles. The van der Waals surface area contributed by atoms with E-state index in [1.165, 1.54) is 0 Å². The van der Waals surface area contributed by atoms with Gasteiger partial charge < -0.3 is 4.42 Å². The molecule has 3 heterocycles. The number of nitrogens with one attached hydrogen (secondary N) is 1. The van der Waals surface area contributed by atoms with Crippen LogP contribution in [0.25, 0.3) is 0 Å². The van der Waals surface area contributed by atoms with E-state index in [0.717, 1.165) is 49.4 Å². The third-order valence-electron chi connectivity index (χ3n) is 3.43. The molecule has 0 atom stereocenters.